The van der Waals surface area contributed by atoms with Crippen LogP contribution in [0.15, 0.2) is 33.5 Å². The van der Waals surface area contributed by atoms with Crippen molar-refractivity contribution in [2.75, 3.05) is 11.9 Å². The second kappa shape index (κ2) is 5.58. The number of halogens is 1. The van der Waals surface area contributed by atoms with Crippen molar-refractivity contribution in [2.45, 2.75) is 6.42 Å². The highest BCUT2D eigenvalue weighted by molar-refractivity contribution is 9.10. The topological polar surface area (TPSA) is 94.1 Å². The predicted molar refractivity (Wildman–Crippen MR) is 67.3 cm³/mol. The summed E-state index contributed by atoms with van der Waals surface area (Å²) in [4.78, 5) is 14.3. The van der Waals surface area contributed by atoms with Crippen molar-refractivity contribution in [3.8, 4) is 0 Å². The number of rotatable bonds is 5. The van der Waals surface area contributed by atoms with E-state index in [1.807, 2.05) is 0 Å². The second-order valence-electron chi connectivity index (χ2n) is 3.43. The molecule has 0 bridgehead atoms. The van der Waals surface area contributed by atoms with Gasteiger partial charge >= 0.3 is 0 Å². The molecule has 0 aliphatic heterocycles. The standard InChI is InChI=1S/C10H9BrN4O3/c11-7-1-2-8(9(5-7)15(16)17)12-4-3-10-13-6-14-18-10/h1-2,5-6,12H,3-4H2. The van der Waals surface area contributed by atoms with Gasteiger partial charge in [0.25, 0.3) is 5.69 Å². The molecule has 1 heterocycles. The average Bonchev–Trinajstić information content (AvgIpc) is 2.84. The van der Waals surface area contributed by atoms with E-state index in [9.17, 15) is 10.1 Å². The lowest BCUT2D eigenvalue weighted by Gasteiger charge is -2.05. The van der Waals surface area contributed by atoms with Gasteiger partial charge in [-0.15, -0.1) is 0 Å². The molecule has 0 atom stereocenters. The van der Waals surface area contributed by atoms with Crippen LogP contribution >= 0.6 is 15.9 Å². The van der Waals surface area contributed by atoms with Crippen LogP contribution in [-0.4, -0.2) is 21.6 Å². The lowest BCUT2D eigenvalue weighted by Crippen LogP contribution is -2.07. The van der Waals surface area contributed by atoms with Gasteiger partial charge in [-0.05, 0) is 12.1 Å². The van der Waals surface area contributed by atoms with Crippen molar-refractivity contribution in [3.05, 3.63) is 45.0 Å². The highest BCUT2D eigenvalue weighted by atomic mass is 79.9. The summed E-state index contributed by atoms with van der Waals surface area (Å²) in [6.07, 6.45) is 1.82. The Morgan fingerprint density at radius 2 is 2.33 bits per heavy atom. The quantitative estimate of drug-likeness (QED) is 0.673. The molecule has 0 saturated heterocycles. The maximum atomic E-state index is 10.9. The Kier molecular flexibility index (Phi) is 3.88. The van der Waals surface area contributed by atoms with Gasteiger partial charge in [0.15, 0.2) is 6.33 Å². The van der Waals surface area contributed by atoms with Crippen molar-refractivity contribution in [1.29, 1.82) is 0 Å². The fourth-order valence-corrected chi connectivity index (χ4v) is 1.76. The number of nitrogens with one attached hydrogen (secondary N) is 1. The third-order valence-corrected chi connectivity index (χ3v) is 2.71. The molecule has 1 aromatic heterocycles. The van der Waals surface area contributed by atoms with Gasteiger partial charge in [0.2, 0.25) is 5.89 Å². The number of nitro benzene ring substituents is 1. The minimum atomic E-state index is -0.431. The third-order valence-electron chi connectivity index (χ3n) is 2.22. The van der Waals surface area contributed by atoms with Crippen LogP contribution in [0.5, 0.6) is 0 Å². The van der Waals surface area contributed by atoms with Crippen molar-refractivity contribution in [3.63, 3.8) is 0 Å². The number of anilines is 1. The normalized spacial score (nSPS) is 10.3. The molecule has 0 unspecified atom stereocenters. The summed E-state index contributed by atoms with van der Waals surface area (Å²) in [6, 6.07) is 4.84. The van der Waals surface area contributed by atoms with Gasteiger partial charge in [-0.3, -0.25) is 10.1 Å². The van der Waals surface area contributed by atoms with Crippen molar-refractivity contribution >= 4 is 27.3 Å². The van der Waals surface area contributed by atoms with E-state index >= 15 is 0 Å². The summed E-state index contributed by atoms with van der Waals surface area (Å²) < 4.78 is 5.49. The minimum Gasteiger partial charge on any atom is -0.379 e. The maximum Gasteiger partial charge on any atom is 0.293 e. The SMILES string of the molecule is O=[N+]([O-])c1cc(Br)ccc1NCCc1ncno1. The molecule has 1 aromatic carbocycles. The number of hydrogen-bond donors (Lipinski definition) is 1. The molecule has 0 radical (unpaired) electrons. The van der Waals surface area contributed by atoms with E-state index in [0.29, 0.717) is 29.0 Å². The van der Waals surface area contributed by atoms with E-state index in [2.05, 4.69) is 31.4 Å². The molecule has 0 aliphatic rings. The molecule has 18 heavy (non-hydrogen) atoms. The van der Waals surface area contributed by atoms with E-state index in [0.717, 1.165) is 0 Å². The molecule has 0 amide bonds. The van der Waals surface area contributed by atoms with E-state index in [1.54, 1.807) is 12.1 Å². The van der Waals surface area contributed by atoms with E-state index < -0.39 is 4.92 Å². The highest BCUT2D eigenvalue weighted by Gasteiger charge is 2.13. The summed E-state index contributed by atoms with van der Waals surface area (Å²) in [7, 11) is 0. The Morgan fingerprint density at radius 1 is 1.50 bits per heavy atom. The Morgan fingerprint density at radius 3 is 3.00 bits per heavy atom. The number of aromatic nitrogens is 2. The van der Waals surface area contributed by atoms with Gasteiger partial charge in [0.05, 0.1) is 4.92 Å². The van der Waals surface area contributed by atoms with Crippen molar-refractivity contribution in [1.82, 2.24) is 10.1 Å². The number of hydrogen-bond acceptors (Lipinski definition) is 6. The molecule has 1 N–H and O–H groups in total. The number of benzene rings is 1. The van der Waals surface area contributed by atoms with Crippen LogP contribution in [0.4, 0.5) is 11.4 Å². The van der Waals surface area contributed by atoms with Gasteiger partial charge in [-0.2, -0.15) is 4.98 Å². The largest absolute Gasteiger partial charge is 0.379 e. The van der Waals surface area contributed by atoms with Gasteiger partial charge in [-0.25, -0.2) is 0 Å². The van der Waals surface area contributed by atoms with Crippen LogP contribution in [0.25, 0.3) is 0 Å². The zero-order valence-corrected chi connectivity index (χ0v) is 10.8. The molecular formula is C10H9BrN4O3. The van der Waals surface area contributed by atoms with Crippen LogP contribution in [0.2, 0.25) is 0 Å². The maximum absolute atomic E-state index is 10.9. The first-order chi connectivity index (χ1) is 8.66. The highest BCUT2D eigenvalue weighted by Crippen LogP contribution is 2.27. The zero-order chi connectivity index (χ0) is 13.0. The van der Waals surface area contributed by atoms with Gasteiger partial charge < -0.3 is 9.84 Å². The molecule has 2 rings (SSSR count). The molecule has 2 aromatic rings. The Labute approximate surface area is 110 Å². The first-order valence-corrected chi connectivity index (χ1v) is 5.89. The van der Waals surface area contributed by atoms with Crippen molar-refractivity contribution in [2.24, 2.45) is 0 Å². The van der Waals surface area contributed by atoms with Crippen LogP contribution in [-0.2, 0) is 6.42 Å². The lowest BCUT2D eigenvalue weighted by atomic mass is 10.2. The van der Waals surface area contributed by atoms with Crippen LogP contribution in [0, 0.1) is 10.1 Å². The Balaban J connectivity index is 2.02. The van der Waals surface area contributed by atoms with Crippen LogP contribution < -0.4 is 5.32 Å². The molecule has 94 valence electrons. The summed E-state index contributed by atoms with van der Waals surface area (Å²) in [5.74, 6) is 0.488. The molecule has 8 heteroatoms. The van der Waals surface area contributed by atoms with E-state index in [4.69, 9.17) is 4.52 Å². The third kappa shape index (κ3) is 3.04. The smallest absolute Gasteiger partial charge is 0.293 e. The number of nitro groups is 1. The summed E-state index contributed by atoms with van der Waals surface area (Å²) >= 11 is 3.20. The monoisotopic (exact) mass is 312 g/mol. The molecule has 0 aliphatic carbocycles. The molecule has 0 spiro atoms. The summed E-state index contributed by atoms with van der Waals surface area (Å²) in [6.45, 7) is 0.477. The lowest BCUT2D eigenvalue weighted by molar-refractivity contribution is -0.384. The molecule has 0 saturated carbocycles. The van der Waals surface area contributed by atoms with Gasteiger partial charge in [-0.1, -0.05) is 21.1 Å². The van der Waals surface area contributed by atoms with Crippen LogP contribution in [0.3, 0.4) is 0 Å². The first-order valence-electron chi connectivity index (χ1n) is 5.10. The van der Waals surface area contributed by atoms with Crippen LogP contribution in [0.1, 0.15) is 5.89 Å². The average molecular weight is 313 g/mol. The Bertz CT molecular complexity index is 544. The predicted octanol–water partition coefficient (Wildman–Crippen LogP) is 2.39. The van der Waals surface area contributed by atoms with Crippen molar-refractivity contribution < 1.29 is 9.45 Å². The van der Waals surface area contributed by atoms with E-state index in [-0.39, 0.29) is 5.69 Å². The Hall–Kier alpha value is -1.96. The zero-order valence-electron chi connectivity index (χ0n) is 9.17. The van der Waals surface area contributed by atoms with Gasteiger partial charge in [0, 0.05) is 23.5 Å². The summed E-state index contributed by atoms with van der Waals surface area (Å²) in [5, 5.41) is 17.3. The summed E-state index contributed by atoms with van der Waals surface area (Å²) in [5.41, 5.74) is 0.484. The minimum absolute atomic E-state index is 0.0231. The molecular weight excluding hydrogens is 304 g/mol. The van der Waals surface area contributed by atoms with E-state index in [1.165, 1.54) is 12.4 Å². The molecule has 0 fully saturated rings. The first kappa shape index (κ1) is 12.5. The number of nitrogens with zero attached hydrogens (tertiary/aromatic N) is 3. The fourth-order valence-electron chi connectivity index (χ4n) is 1.42. The second-order valence-corrected chi connectivity index (χ2v) is 4.35. The van der Waals surface area contributed by atoms with Gasteiger partial charge in [0.1, 0.15) is 5.69 Å². The molecule has 7 nitrogen and oxygen atoms in total. The fraction of sp³-hybridized carbons (Fsp3) is 0.200.